The molecule has 2 N–H and O–H groups in total. The predicted octanol–water partition coefficient (Wildman–Crippen LogP) is 2.32. The number of nitrogens with zero attached hydrogens (tertiary/aromatic N) is 2. The van der Waals surface area contributed by atoms with Gasteiger partial charge in [0.2, 0.25) is 0 Å². The van der Waals surface area contributed by atoms with Crippen molar-refractivity contribution < 1.29 is 19.2 Å². The third kappa shape index (κ3) is 4.04. The highest BCUT2D eigenvalue weighted by atomic mass is 16.6. The molecule has 0 saturated carbocycles. The maximum absolute atomic E-state index is 11.6. The van der Waals surface area contributed by atoms with E-state index in [4.69, 9.17) is 9.52 Å². The Morgan fingerprint density at radius 3 is 2.64 bits per heavy atom. The third-order valence-electron chi connectivity index (χ3n) is 2.51. The molecule has 1 amide bonds. The third-order valence-corrected chi connectivity index (χ3v) is 2.51. The van der Waals surface area contributed by atoms with Gasteiger partial charge < -0.3 is 9.52 Å². The Morgan fingerprint density at radius 1 is 1.27 bits per heavy atom. The number of amides is 1. The van der Waals surface area contributed by atoms with Crippen molar-refractivity contribution in [1.82, 2.24) is 5.43 Å². The SMILES string of the molecule is O=C(NN=CC=Cc1ccc([N+](=O)[O-])o1)c1ccc(O)cc1. The smallest absolute Gasteiger partial charge is 0.433 e. The maximum Gasteiger partial charge on any atom is 0.433 e. The molecule has 0 spiro atoms. The van der Waals surface area contributed by atoms with Gasteiger partial charge in [0.15, 0.2) is 0 Å². The first-order chi connectivity index (χ1) is 10.6. The lowest BCUT2D eigenvalue weighted by Gasteiger charge is -1.98. The van der Waals surface area contributed by atoms with Crippen molar-refractivity contribution >= 4 is 24.1 Å². The van der Waals surface area contributed by atoms with Gasteiger partial charge in [0, 0.05) is 11.8 Å². The molecule has 0 atom stereocenters. The minimum absolute atomic E-state index is 0.0653. The van der Waals surface area contributed by atoms with Gasteiger partial charge in [0.25, 0.3) is 5.91 Å². The molecule has 0 unspecified atom stereocenters. The highest BCUT2D eigenvalue weighted by Gasteiger charge is 2.09. The predicted molar refractivity (Wildman–Crippen MR) is 78.5 cm³/mol. The molecule has 0 aliphatic carbocycles. The Hall–Kier alpha value is -3.42. The van der Waals surface area contributed by atoms with E-state index in [0.717, 1.165) is 0 Å². The number of rotatable bonds is 5. The van der Waals surface area contributed by atoms with Gasteiger partial charge in [-0.2, -0.15) is 5.10 Å². The Bertz CT molecular complexity index is 731. The van der Waals surface area contributed by atoms with E-state index in [1.807, 2.05) is 0 Å². The van der Waals surface area contributed by atoms with Crippen LogP contribution in [-0.2, 0) is 0 Å². The fourth-order valence-corrected chi connectivity index (χ4v) is 1.48. The van der Waals surface area contributed by atoms with Gasteiger partial charge in [-0.3, -0.25) is 14.9 Å². The summed E-state index contributed by atoms with van der Waals surface area (Å²) < 4.78 is 4.89. The Kier molecular flexibility index (Phi) is 4.66. The summed E-state index contributed by atoms with van der Waals surface area (Å²) in [4.78, 5) is 21.4. The maximum atomic E-state index is 11.6. The van der Waals surface area contributed by atoms with Crippen LogP contribution in [0.3, 0.4) is 0 Å². The highest BCUT2D eigenvalue weighted by molar-refractivity contribution is 5.94. The molecular weight excluding hydrogens is 290 g/mol. The second-order valence-electron chi connectivity index (χ2n) is 4.06. The standard InChI is InChI=1S/C14H11N3O5/c18-11-5-3-10(4-6-11)14(19)16-15-9-1-2-12-7-8-13(22-12)17(20)21/h1-9,18H,(H,16,19). The van der Waals surface area contributed by atoms with Crippen molar-refractivity contribution in [2.75, 3.05) is 0 Å². The van der Waals surface area contributed by atoms with Gasteiger partial charge in [0.1, 0.15) is 16.4 Å². The van der Waals surface area contributed by atoms with Gasteiger partial charge in [-0.05, 0) is 42.5 Å². The zero-order valence-electron chi connectivity index (χ0n) is 11.2. The summed E-state index contributed by atoms with van der Waals surface area (Å²) in [5.41, 5.74) is 2.63. The number of nitrogens with one attached hydrogen (secondary N) is 1. The summed E-state index contributed by atoms with van der Waals surface area (Å²) in [6.07, 6.45) is 4.22. The summed E-state index contributed by atoms with van der Waals surface area (Å²) in [7, 11) is 0. The van der Waals surface area contributed by atoms with Crippen molar-refractivity contribution in [3.63, 3.8) is 0 Å². The summed E-state index contributed by atoms with van der Waals surface area (Å²) in [6, 6.07) is 8.38. The van der Waals surface area contributed by atoms with E-state index in [-0.39, 0.29) is 11.6 Å². The van der Waals surface area contributed by atoms with E-state index in [2.05, 4.69) is 10.5 Å². The number of nitro groups is 1. The molecular formula is C14H11N3O5. The Labute approximate surface area is 124 Å². The minimum Gasteiger partial charge on any atom is -0.508 e. The topological polar surface area (TPSA) is 118 Å². The largest absolute Gasteiger partial charge is 0.508 e. The molecule has 0 bridgehead atoms. The van der Waals surface area contributed by atoms with E-state index in [1.54, 1.807) is 0 Å². The molecule has 0 saturated heterocycles. The summed E-state index contributed by atoms with van der Waals surface area (Å²) >= 11 is 0. The van der Waals surface area contributed by atoms with Crippen LogP contribution in [0.2, 0.25) is 0 Å². The Balaban J connectivity index is 1.86. The number of hydrazone groups is 1. The van der Waals surface area contributed by atoms with E-state index in [9.17, 15) is 14.9 Å². The number of aromatic hydroxyl groups is 1. The van der Waals surface area contributed by atoms with Crippen molar-refractivity contribution in [1.29, 1.82) is 0 Å². The second kappa shape index (κ2) is 6.84. The first-order valence-corrected chi connectivity index (χ1v) is 6.09. The number of furan rings is 1. The Morgan fingerprint density at radius 2 is 2.00 bits per heavy atom. The van der Waals surface area contributed by atoms with Crippen molar-refractivity contribution in [2.45, 2.75) is 0 Å². The number of carbonyl (C=O) groups excluding carboxylic acids is 1. The number of hydrogen-bond donors (Lipinski definition) is 2. The van der Waals surface area contributed by atoms with Crippen LogP contribution in [0.25, 0.3) is 6.08 Å². The normalized spacial score (nSPS) is 11.1. The summed E-state index contributed by atoms with van der Waals surface area (Å²) in [6.45, 7) is 0. The molecule has 1 heterocycles. The lowest BCUT2D eigenvalue weighted by atomic mass is 10.2. The van der Waals surface area contributed by atoms with Crippen molar-refractivity contribution in [3.05, 3.63) is 63.9 Å². The number of carbonyl (C=O) groups is 1. The second-order valence-corrected chi connectivity index (χ2v) is 4.06. The quantitative estimate of drug-likeness (QED) is 0.499. The molecule has 2 aromatic rings. The van der Waals surface area contributed by atoms with Gasteiger partial charge >= 0.3 is 5.88 Å². The summed E-state index contributed by atoms with van der Waals surface area (Å²) in [5, 5.41) is 23.2. The first kappa shape index (κ1) is 15.0. The molecule has 1 aromatic heterocycles. The average molecular weight is 301 g/mol. The number of allylic oxidation sites excluding steroid dienone is 1. The fraction of sp³-hybridized carbons (Fsp3) is 0. The molecule has 112 valence electrons. The van der Waals surface area contributed by atoms with Crippen LogP contribution >= 0.6 is 0 Å². The van der Waals surface area contributed by atoms with Crippen LogP contribution in [0.15, 0.2) is 52.0 Å². The van der Waals surface area contributed by atoms with Crippen molar-refractivity contribution in [2.24, 2.45) is 5.10 Å². The van der Waals surface area contributed by atoms with E-state index in [1.165, 1.54) is 54.8 Å². The fourth-order valence-electron chi connectivity index (χ4n) is 1.48. The number of hydrogen-bond acceptors (Lipinski definition) is 6. The van der Waals surface area contributed by atoms with Crippen molar-refractivity contribution in [3.8, 4) is 5.75 Å². The van der Waals surface area contributed by atoms with Gasteiger partial charge in [0.05, 0.1) is 6.07 Å². The lowest BCUT2D eigenvalue weighted by molar-refractivity contribution is -0.402. The van der Waals surface area contributed by atoms with E-state index in [0.29, 0.717) is 11.3 Å². The first-order valence-electron chi connectivity index (χ1n) is 6.09. The monoisotopic (exact) mass is 301 g/mol. The van der Waals surface area contributed by atoms with Gasteiger partial charge in [-0.25, -0.2) is 5.43 Å². The van der Waals surface area contributed by atoms with Crippen LogP contribution < -0.4 is 5.43 Å². The highest BCUT2D eigenvalue weighted by Crippen LogP contribution is 2.16. The van der Waals surface area contributed by atoms with Crippen LogP contribution in [0.1, 0.15) is 16.1 Å². The lowest BCUT2D eigenvalue weighted by Crippen LogP contribution is -2.16. The number of phenols is 1. The molecule has 8 heteroatoms. The zero-order valence-corrected chi connectivity index (χ0v) is 11.2. The zero-order chi connectivity index (χ0) is 15.9. The molecule has 0 aliphatic rings. The molecule has 0 fully saturated rings. The molecule has 1 aromatic carbocycles. The number of phenolic OH excluding ortho intramolecular Hbond substituents is 1. The van der Waals surface area contributed by atoms with Crippen LogP contribution in [-0.4, -0.2) is 22.2 Å². The molecule has 0 aliphatic heterocycles. The van der Waals surface area contributed by atoms with E-state index >= 15 is 0 Å². The number of benzene rings is 1. The minimum atomic E-state index is -0.636. The van der Waals surface area contributed by atoms with Crippen LogP contribution in [0.4, 0.5) is 5.88 Å². The van der Waals surface area contributed by atoms with Gasteiger partial charge in [-0.1, -0.05) is 0 Å². The van der Waals surface area contributed by atoms with Crippen LogP contribution in [0, 0.1) is 10.1 Å². The van der Waals surface area contributed by atoms with E-state index < -0.39 is 10.8 Å². The average Bonchev–Trinajstić information content (AvgIpc) is 2.96. The summed E-state index contributed by atoms with van der Waals surface area (Å²) in [5.74, 6) is -0.422. The molecule has 22 heavy (non-hydrogen) atoms. The van der Waals surface area contributed by atoms with Gasteiger partial charge in [-0.15, -0.1) is 0 Å². The van der Waals surface area contributed by atoms with Crippen LogP contribution in [0.5, 0.6) is 5.75 Å². The molecule has 8 nitrogen and oxygen atoms in total. The molecule has 0 radical (unpaired) electrons. The molecule has 2 rings (SSSR count).